The highest BCUT2D eigenvalue weighted by molar-refractivity contribution is 7.89. The lowest BCUT2D eigenvalue weighted by Crippen LogP contribution is -2.51. The highest BCUT2D eigenvalue weighted by atomic mass is 32.2. The number of aromatic nitrogens is 2. The Morgan fingerprint density at radius 2 is 1.83 bits per heavy atom. The van der Waals surface area contributed by atoms with Gasteiger partial charge in [0.25, 0.3) is 0 Å². The van der Waals surface area contributed by atoms with Crippen molar-refractivity contribution in [1.82, 2.24) is 19.2 Å². The summed E-state index contributed by atoms with van der Waals surface area (Å²) < 4.78 is 29.5. The van der Waals surface area contributed by atoms with Crippen molar-refractivity contribution in [3.05, 3.63) is 78.9 Å². The van der Waals surface area contributed by atoms with Crippen molar-refractivity contribution in [3.63, 3.8) is 0 Å². The number of nitrogens with zero attached hydrogens (tertiary/aromatic N) is 3. The average molecular weight is 425 g/mol. The van der Waals surface area contributed by atoms with Crippen LogP contribution in [0.1, 0.15) is 24.8 Å². The number of benzene rings is 2. The fourth-order valence-electron chi connectivity index (χ4n) is 3.80. The minimum atomic E-state index is -3.72. The molecule has 0 saturated carbocycles. The van der Waals surface area contributed by atoms with Crippen molar-refractivity contribution in [2.24, 2.45) is 0 Å². The van der Waals surface area contributed by atoms with Gasteiger partial charge in [-0.1, -0.05) is 42.8 Å². The third kappa shape index (κ3) is 4.15. The van der Waals surface area contributed by atoms with E-state index in [9.17, 15) is 13.2 Å². The second-order valence-corrected chi connectivity index (χ2v) is 9.15. The Bertz CT molecular complexity index is 1100. The Kier molecular flexibility index (Phi) is 5.96. The van der Waals surface area contributed by atoms with E-state index in [4.69, 9.17) is 0 Å². The topological polar surface area (TPSA) is 84.3 Å². The number of sulfonamides is 1. The molecular weight excluding hydrogens is 400 g/mol. The van der Waals surface area contributed by atoms with Crippen LogP contribution in [0.4, 0.5) is 0 Å². The highest BCUT2D eigenvalue weighted by Gasteiger charge is 2.37. The lowest BCUT2D eigenvalue weighted by atomic mass is 10.0. The smallest absolute Gasteiger partial charge is 0.243 e. The molecule has 0 spiro atoms. The molecule has 30 heavy (non-hydrogen) atoms. The molecule has 1 atom stereocenters. The highest BCUT2D eigenvalue weighted by Crippen LogP contribution is 2.25. The van der Waals surface area contributed by atoms with Gasteiger partial charge in [0.1, 0.15) is 6.04 Å². The molecule has 156 valence electrons. The summed E-state index contributed by atoms with van der Waals surface area (Å²) in [6.07, 6.45) is 7.33. The van der Waals surface area contributed by atoms with Crippen LogP contribution in [0.2, 0.25) is 0 Å². The standard InChI is InChI=1S/C22H24N4O3S/c27-22(24-16-18-8-4-5-11-20(18)25-15-13-23-17-25)21-12-6-7-14-26(21)30(28,29)19-9-2-1-3-10-19/h1-5,8-11,13,15,17,21H,6-7,12,14,16H2,(H,24,27). The quantitative estimate of drug-likeness (QED) is 0.659. The Morgan fingerprint density at radius 3 is 2.60 bits per heavy atom. The first-order valence-corrected chi connectivity index (χ1v) is 11.4. The van der Waals surface area contributed by atoms with Crippen LogP contribution in [0.3, 0.4) is 0 Å². The number of imidazole rings is 1. The summed E-state index contributed by atoms with van der Waals surface area (Å²) in [5.74, 6) is -0.269. The van der Waals surface area contributed by atoms with E-state index < -0.39 is 16.1 Å². The van der Waals surface area contributed by atoms with Gasteiger partial charge in [0.15, 0.2) is 0 Å². The lowest BCUT2D eigenvalue weighted by Gasteiger charge is -2.33. The number of para-hydroxylation sites is 1. The fraction of sp³-hybridized carbons (Fsp3) is 0.273. The molecule has 1 unspecified atom stereocenters. The van der Waals surface area contributed by atoms with Gasteiger partial charge in [-0.2, -0.15) is 4.31 Å². The van der Waals surface area contributed by atoms with E-state index in [2.05, 4.69) is 10.3 Å². The van der Waals surface area contributed by atoms with Crippen molar-refractivity contribution in [2.75, 3.05) is 6.54 Å². The van der Waals surface area contributed by atoms with E-state index in [1.165, 1.54) is 4.31 Å². The van der Waals surface area contributed by atoms with Crippen LogP contribution in [-0.2, 0) is 21.4 Å². The zero-order valence-electron chi connectivity index (χ0n) is 16.5. The molecule has 0 bridgehead atoms. The van der Waals surface area contributed by atoms with Crippen LogP contribution in [0, 0.1) is 0 Å². The molecule has 1 fully saturated rings. The van der Waals surface area contributed by atoms with E-state index in [0.29, 0.717) is 19.5 Å². The Morgan fingerprint density at radius 1 is 1.07 bits per heavy atom. The van der Waals surface area contributed by atoms with Gasteiger partial charge in [-0.3, -0.25) is 4.79 Å². The lowest BCUT2D eigenvalue weighted by molar-refractivity contribution is -0.125. The van der Waals surface area contributed by atoms with Crippen molar-refractivity contribution in [3.8, 4) is 5.69 Å². The number of carbonyl (C=O) groups excluding carboxylic acids is 1. The fourth-order valence-corrected chi connectivity index (χ4v) is 5.47. The van der Waals surface area contributed by atoms with Crippen molar-refractivity contribution in [2.45, 2.75) is 36.7 Å². The number of hydrogen-bond acceptors (Lipinski definition) is 4. The molecule has 1 N–H and O–H groups in total. The maximum atomic E-state index is 13.1. The van der Waals surface area contributed by atoms with E-state index in [1.54, 1.807) is 42.9 Å². The number of hydrogen-bond donors (Lipinski definition) is 1. The van der Waals surface area contributed by atoms with E-state index in [-0.39, 0.29) is 10.8 Å². The van der Waals surface area contributed by atoms with Gasteiger partial charge in [-0.25, -0.2) is 13.4 Å². The van der Waals surface area contributed by atoms with Crippen molar-refractivity contribution in [1.29, 1.82) is 0 Å². The number of nitrogens with one attached hydrogen (secondary N) is 1. The van der Waals surface area contributed by atoms with Gasteiger partial charge >= 0.3 is 0 Å². The number of rotatable bonds is 6. The van der Waals surface area contributed by atoms with Gasteiger partial charge in [0, 0.05) is 25.5 Å². The van der Waals surface area contributed by atoms with E-state index in [1.807, 2.05) is 35.0 Å². The van der Waals surface area contributed by atoms with Gasteiger partial charge in [-0.15, -0.1) is 0 Å². The first-order chi connectivity index (χ1) is 14.6. The zero-order valence-corrected chi connectivity index (χ0v) is 17.3. The summed E-state index contributed by atoms with van der Waals surface area (Å²) in [5, 5.41) is 2.95. The predicted octanol–water partition coefficient (Wildman–Crippen LogP) is 2.73. The second-order valence-electron chi connectivity index (χ2n) is 7.26. The summed E-state index contributed by atoms with van der Waals surface area (Å²) in [4.78, 5) is 17.3. The minimum Gasteiger partial charge on any atom is -0.351 e. The molecule has 0 radical (unpaired) electrons. The van der Waals surface area contributed by atoms with E-state index >= 15 is 0 Å². The molecule has 1 aliphatic heterocycles. The minimum absolute atomic E-state index is 0.218. The van der Waals surface area contributed by atoms with Gasteiger partial charge in [-0.05, 0) is 36.6 Å². The Balaban J connectivity index is 1.52. The molecule has 3 aromatic rings. The molecular formula is C22H24N4O3S. The molecule has 1 amide bonds. The van der Waals surface area contributed by atoms with Gasteiger partial charge < -0.3 is 9.88 Å². The predicted molar refractivity (Wildman–Crippen MR) is 113 cm³/mol. The third-order valence-corrected chi connectivity index (χ3v) is 7.26. The normalized spacial score (nSPS) is 17.5. The molecule has 7 nitrogen and oxygen atoms in total. The molecule has 2 heterocycles. The number of piperidine rings is 1. The molecule has 4 rings (SSSR count). The molecule has 0 aliphatic carbocycles. The van der Waals surface area contributed by atoms with Crippen LogP contribution >= 0.6 is 0 Å². The first kappa shape index (κ1) is 20.3. The summed E-state index contributed by atoms with van der Waals surface area (Å²) >= 11 is 0. The van der Waals surface area contributed by atoms with Crippen LogP contribution in [-0.4, -0.2) is 40.8 Å². The number of carbonyl (C=O) groups is 1. The van der Waals surface area contributed by atoms with Gasteiger partial charge in [0.2, 0.25) is 15.9 Å². The first-order valence-electron chi connectivity index (χ1n) is 9.98. The largest absolute Gasteiger partial charge is 0.351 e. The van der Waals surface area contributed by atoms with Gasteiger partial charge in [0.05, 0.1) is 16.9 Å². The average Bonchev–Trinajstić information content (AvgIpc) is 3.33. The Labute approximate surface area is 176 Å². The van der Waals surface area contributed by atoms with Crippen LogP contribution in [0.15, 0.2) is 78.2 Å². The maximum absolute atomic E-state index is 13.1. The van der Waals surface area contributed by atoms with Crippen LogP contribution in [0.5, 0.6) is 0 Å². The summed E-state index contributed by atoms with van der Waals surface area (Å²) in [6.45, 7) is 0.657. The number of amides is 1. The van der Waals surface area contributed by atoms with Crippen molar-refractivity contribution < 1.29 is 13.2 Å². The summed E-state index contributed by atoms with van der Waals surface area (Å²) in [6, 6.07) is 15.3. The third-order valence-electron chi connectivity index (χ3n) is 5.33. The maximum Gasteiger partial charge on any atom is 0.243 e. The molecule has 1 aromatic heterocycles. The van der Waals surface area contributed by atoms with Crippen LogP contribution in [0.25, 0.3) is 5.69 Å². The summed E-state index contributed by atoms with van der Waals surface area (Å²) in [7, 11) is -3.72. The van der Waals surface area contributed by atoms with Crippen LogP contribution < -0.4 is 5.32 Å². The molecule has 1 aliphatic rings. The Hall–Kier alpha value is -2.97. The van der Waals surface area contributed by atoms with Crippen molar-refractivity contribution >= 4 is 15.9 Å². The second kappa shape index (κ2) is 8.81. The molecule has 2 aromatic carbocycles. The zero-order chi connectivity index (χ0) is 21.0. The molecule has 1 saturated heterocycles. The van der Waals surface area contributed by atoms with E-state index in [0.717, 1.165) is 24.1 Å². The summed E-state index contributed by atoms with van der Waals surface area (Å²) in [5.41, 5.74) is 1.85. The SMILES string of the molecule is O=C(NCc1ccccc1-n1ccnc1)C1CCCCN1S(=O)(=O)c1ccccc1. The monoisotopic (exact) mass is 424 g/mol. The molecule has 8 heteroatoms.